The SMILES string of the molecule is CC1CC(C(N)c2cc(C(F)(F)F)cc(C(F)(F)F)c2)c2cc(C(F)(F)F)ccc2N1C(=O)OC(C)(C)C. The summed E-state index contributed by atoms with van der Waals surface area (Å²) in [5.41, 5.74) is 0.196. The van der Waals surface area contributed by atoms with Crippen molar-refractivity contribution in [2.45, 2.75) is 76.2 Å². The molecule has 0 spiro atoms. The third-order valence-corrected chi connectivity index (χ3v) is 6.07. The summed E-state index contributed by atoms with van der Waals surface area (Å²) in [6.45, 7) is 6.27. The summed E-state index contributed by atoms with van der Waals surface area (Å²) in [5, 5.41) is 0. The van der Waals surface area contributed by atoms with Gasteiger partial charge in [-0.1, -0.05) is 0 Å². The van der Waals surface area contributed by atoms with E-state index in [1.165, 1.54) is 6.92 Å². The molecule has 1 heterocycles. The van der Waals surface area contributed by atoms with Crippen molar-refractivity contribution in [2.75, 3.05) is 4.90 Å². The van der Waals surface area contributed by atoms with E-state index in [0.29, 0.717) is 18.2 Å². The van der Waals surface area contributed by atoms with Gasteiger partial charge in [0.25, 0.3) is 0 Å². The second-order valence-electron chi connectivity index (χ2n) is 10.2. The molecule has 0 saturated heterocycles. The first-order chi connectivity index (χ1) is 17.1. The van der Waals surface area contributed by atoms with Gasteiger partial charge in [-0.25, -0.2) is 4.79 Å². The Kier molecular flexibility index (Phi) is 7.52. The van der Waals surface area contributed by atoms with E-state index < -0.39 is 70.5 Å². The minimum atomic E-state index is -5.13. The number of nitrogens with two attached hydrogens (primary N) is 1. The van der Waals surface area contributed by atoms with Crippen molar-refractivity contribution in [2.24, 2.45) is 5.73 Å². The number of nitrogens with zero attached hydrogens (tertiary/aromatic N) is 1. The van der Waals surface area contributed by atoms with Crippen molar-refractivity contribution in [3.05, 3.63) is 64.2 Å². The first-order valence-electron chi connectivity index (χ1n) is 11.4. The van der Waals surface area contributed by atoms with E-state index in [-0.39, 0.29) is 23.7 Å². The van der Waals surface area contributed by atoms with Crippen LogP contribution in [-0.2, 0) is 23.3 Å². The molecule has 38 heavy (non-hydrogen) atoms. The van der Waals surface area contributed by atoms with Gasteiger partial charge in [-0.3, -0.25) is 4.90 Å². The molecule has 0 saturated carbocycles. The zero-order valence-electron chi connectivity index (χ0n) is 20.6. The maximum absolute atomic E-state index is 13.5. The number of halogens is 9. The van der Waals surface area contributed by atoms with E-state index in [2.05, 4.69) is 0 Å². The Balaban J connectivity index is 2.19. The molecule has 210 valence electrons. The third kappa shape index (κ3) is 6.36. The van der Waals surface area contributed by atoms with Gasteiger partial charge in [-0.15, -0.1) is 0 Å². The molecule has 1 aliphatic heterocycles. The van der Waals surface area contributed by atoms with Gasteiger partial charge in [0.15, 0.2) is 0 Å². The maximum atomic E-state index is 13.5. The van der Waals surface area contributed by atoms with Crippen LogP contribution in [0, 0.1) is 0 Å². The van der Waals surface area contributed by atoms with Gasteiger partial charge in [0, 0.05) is 18.0 Å². The first kappa shape index (κ1) is 29.6. The fraction of sp³-hybridized carbons (Fsp3) is 0.480. The van der Waals surface area contributed by atoms with Crippen LogP contribution < -0.4 is 10.6 Å². The molecule has 2 N–H and O–H groups in total. The van der Waals surface area contributed by atoms with Gasteiger partial charge < -0.3 is 10.5 Å². The number of rotatable bonds is 2. The number of hydrogen-bond donors (Lipinski definition) is 1. The van der Waals surface area contributed by atoms with Crippen LogP contribution in [0.1, 0.15) is 73.9 Å². The quantitative estimate of drug-likeness (QED) is 0.381. The van der Waals surface area contributed by atoms with Crippen LogP contribution in [0.15, 0.2) is 36.4 Å². The molecular formula is C25H25F9N2O2. The molecule has 0 fully saturated rings. The van der Waals surface area contributed by atoms with Crippen LogP contribution in [0.4, 0.5) is 50.0 Å². The number of carbonyl (C=O) groups excluding carboxylic acids is 1. The number of amides is 1. The average Bonchev–Trinajstić information content (AvgIpc) is 2.74. The highest BCUT2D eigenvalue weighted by atomic mass is 19.4. The Labute approximate surface area is 212 Å². The zero-order chi connectivity index (χ0) is 29.0. The largest absolute Gasteiger partial charge is 0.443 e. The summed E-state index contributed by atoms with van der Waals surface area (Å²) in [4.78, 5) is 14.0. The molecule has 2 aromatic carbocycles. The number of anilines is 1. The lowest BCUT2D eigenvalue weighted by atomic mass is 9.78. The van der Waals surface area contributed by atoms with Crippen molar-refractivity contribution in [1.29, 1.82) is 0 Å². The number of carbonyl (C=O) groups is 1. The molecular weight excluding hydrogens is 531 g/mol. The van der Waals surface area contributed by atoms with Crippen LogP contribution in [0.25, 0.3) is 0 Å². The van der Waals surface area contributed by atoms with Crippen LogP contribution in [0.3, 0.4) is 0 Å². The first-order valence-corrected chi connectivity index (χ1v) is 11.4. The Morgan fingerprint density at radius 1 is 0.868 bits per heavy atom. The van der Waals surface area contributed by atoms with Gasteiger partial charge in [0.05, 0.1) is 22.4 Å². The van der Waals surface area contributed by atoms with Crippen molar-refractivity contribution in [3.63, 3.8) is 0 Å². The van der Waals surface area contributed by atoms with Crippen molar-refractivity contribution in [1.82, 2.24) is 0 Å². The van der Waals surface area contributed by atoms with E-state index in [4.69, 9.17) is 10.5 Å². The Bertz CT molecular complexity index is 1170. The summed E-state index contributed by atoms with van der Waals surface area (Å²) in [7, 11) is 0. The van der Waals surface area contributed by atoms with E-state index in [1.54, 1.807) is 20.8 Å². The smallest absolute Gasteiger partial charge is 0.416 e. The summed E-state index contributed by atoms with van der Waals surface area (Å²) in [6, 6.07) is 0.979. The molecule has 13 heteroatoms. The van der Waals surface area contributed by atoms with E-state index in [1.807, 2.05) is 0 Å². The highest BCUT2D eigenvalue weighted by Crippen LogP contribution is 2.47. The monoisotopic (exact) mass is 556 g/mol. The second-order valence-corrected chi connectivity index (χ2v) is 10.2. The van der Waals surface area contributed by atoms with Gasteiger partial charge >= 0.3 is 24.6 Å². The normalized spacial score (nSPS) is 19.7. The predicted octanol–water partition coefficient (Wildman–Crippen LogP) is 8.06. The lowest BCUT2D eigenvalue weighted by Crippen LogP contribution is -2.47. The lowest BCUT2D eigenvalue weighted by Gasteiger charge is -2.42. The molecule has 0 aromatic heterocycles. The Hall–Kier alpha value is -2.96. The number of fused-ring (bicyclic) bond motifs is 1. The molecule has 2 aromatic rings. The molecule has 4 nitrogen and oxygen atoms in total. The fourth-order valence-corrected chi connectivity index (χ4v) is 4.42. The summed E-state index contributed by atoms with van der Waals surface area (Å²) in [5.74, 6) is -1.16. The van der Waals surface area contributed by atoms with Gasteiger partial charge in [-0.05, 0) is 81.6 Å². The molecule has 0 radical (unpaired) electrons. The van der Waals surface area contributed by atoms with E-state index in [0.717, 1.165) is 17.0 Å². The molecule has 0 aliphatic carbocycles. The van der Waals surface area contributed by atoms with Crippen LogP contribution >= 0.6 is 0 Å². The highest BCUT2D eigenvalue weighted by Gasteiger charge is 2.42. The van der Waals surface area contributed by atoms with Crippen LogP contribution in [-0.4, -0.2) is 17.7 Å². The van der Waals surface area contributed by atoms with E-state index in [9.17, 15) is 44.3 Å². The Morgan fingerprint density at radius 2 is 1.37 bits per heavy atom. The van der Waals surface area contributed by atoms with E-state index >= 15 is 0 Å². The molecule has 0 bridgehead atoms. The number of benzene rings is 2. The molecule has 3 unspecified atom stereocenters. The van der Waals surface area contributed by atoms with Crippen molar-refractivity contribution >= 4 is 11.8 Å². The number of alkyl halides is 9. The minimum Gasteiger partial charge on any atom is -0.443 e. The Morgan fingerprint density at radius 3 is 1.82 bits per heavy atom. The number of ether oxygens (including phenoxy) is 1. The van der Waals surface area contributed by atoms with Crippen LogP contribution in [0.5, 0.6) is 0 Å². The predicted molar refractivity (Wildman–Crippen MR) is 120 cm³/mol. The minimum absolute atomic E-state index is 0.0329. The van der Waals surface area contributed by atoms with Crippen LogP contribution in [0.2, 0.25) is 0 Å². The average molecular weight is 556 g/mol. The standard InChI is InChI=1S/C25H25F9N2O2/c1-12-7-18(20(35)13-8-15(24(29,30)31)10-16(9-13)25(32,33)34)17-11-14(23(26,27)28)5-6-19(17)36(12)21(37)38-22(2,3)4/h5-6,8-12,18,20H,7,35H2,1-4H3. The van der Waals surface area contributed by atoms with Gasteiger partial charge in [0.2, 0.25) is 0 Å². The summed E-state index contributed by atoms with van der Waals surface area (Å²) < 4.78 is 126. The number of hydrogen-bond acceptors (Lipinski definition) is 3. The highest BCUT2D eigenvalue weighted by molar-refractivity contribution is 5.90. The second kappa shape index (κ2) is 9.65. The lowest BCUT2D eigenvalue weighted by molar-refractivity contribution is -0.143. The topological polar surface area (TPSA) is 55.6 Å². The van der Waals surface area contributed by atoms with Crippen molar-refractivity contribution in [3.8, 4) is 0 Å². The van der Waals surface area contributed by atoms with Gasteiger partial charge in [-0.2, -0.15) is 39.5 Å². The van der Waals surface area contributed by atoms with Gasteiger partial charge in [0.1, 0.15) is 5.60 Å². The maximum Gasteiger partial charge on any atom is 0.416 e. The van der Waals surface area contributed by atoms with Crippen molar-refractivity contribution < 1.29 is 49.0 Å². The molecule has 3 rings (SSSR count). The zero-order valence-corrected chi connectivity index (χ0v) is 20.6. The fourth-order valence-electron chi connectivity index (χ4n) is 4.42. The molecule has 1 aliphatic rings. The molecule has 3 atom stereocenters. The summed E-state index contributed by atoms with van der Waals surface area (Å²) >= 11 is 0. The molecule has 1 amide bonds. The summed E-state index contributed by atoms with van der Waals surface area (Å²) in [6.07, 6.45) is -16.1. The third-order valence-electron chi connectivity index (χ3n) is 6.07.